The zero-order valence-electron chi connectivity index (χ0n) is 9.01. The Bertz CT molecular complexity index is 457. The fourth-order valence-electron chi connectivity index (χ4n) is 1.20. The van der Waals surface area contributed by atoms with E-state index in [2.05, 4.69) is 16.6 Å². The number of halogens is 3. The van der Waals surface area contributed by atoms with Crippen LogP contribution in [0.25, 0.3) is 0 Å². The molecule has 0 bridgehead atoms. The summed E-state index contributed by atoms with van der Waals surface area (Å²) in [5, 5.41) is 0. The molecule has 0 aliphatic rings. The summed E-state index contributed by atoms with van der Waals surface area (Å²) in [7, 11) is 0. The quantitative estimate of drug-likeness (QED) is 0.719. The summed E-state index contributed by atoms with van der Waals surface area (Å²) in [6.45, 7) is 1.63. The third kappa shape index (κ3) is 3.19. The Kier molecular flexibility index (Phi) is 3.39. The monoisotopic (exact) mass is 238 g/mol. The van der Waals surface area contributed by atoms with Crippen molar-refractivity contribution < 1.29 is 17.9 Å². The van der Waals surface area contributed by atoms with Crippen LogP contribution in [0.3, 0.4) is 0 Å². The van der Waals surface area contributed by atoms with Crippen molar-refractivity contribution in [3.05, 3.63) is 29.8 Å². The van der Waals surface area contributed by atoms with E-state index in [1.807, 2.05) is 0 Å². The Morgan fingerprint density at radius 2 is 1.53 bits per heavy atom. The number of hydrogen-bond donors (Lipinski definition) is 0. The van der Waals surface area contributed by atoms with Crippen LogP contribution in [0.4, 0.5) is 13.2 Å². The molecule has 0 aliphatic carbocycles. The van der Waals surface area contributed by atoms with Gasteiger partial charge >= 0.3 is 6.36 Å². The molecule has 0 amide bonds. The van der Waals surface area contributed by atoms with Gasteiger partial charge in [-0.25, -0.2) is 0 Å². The summed E-state index contributed by atoms with van der Waals surface area (Å²) >= 11 is 0. The lowest BCUT2D eigenvalue weighted by Crippen LogP contribution is -2.18. The summed E-state index contributed by atoms with van der Waals surface area (Å²) in [5.41, 5.74) is -0.367. The van der Waals surface area contributed by atoms with Crippen LogP contribution in [0.2, 0.25) is 0 Å². The van der Waals surface area contributed by atoms with Gasteiger partial charge in [0.1, 0.15) is 11.2 Å². The van der Waals surface area contributed by atoms with Crippen LogP contribution < -0.4 is 4.74 Å². The van der Waals surface area contributed by atoms with Gasteiger partial charge in [0.2, 0.25) is 0 Å². The normalized spacial score (nSPS) is 11.4. The average molecular weight is 238 g/mol. The molecule has 0 fully saturated rings. The lowest BCUT2D eigenvalue weighted by atomic mass is 9.84. The van der Waals surface area contributed by atoms with E-state index in [1.54, 1.807) is 6.92 Å². The Hall–Kier alpha value is -2.07. The Morgan fingerprint density at radius 3 is 1.88 bits per heavy atom. The molecule has 17 heavy (non-hydrogen) atoms. The fraction of sp³-hybridized carbons (Fsp3) is 0.231. The first kappa shape index (κ1) is 13.0. The summed E-state index contributed by atoms with van der Waals surface area (Å²) in [4.78, 5) is 0. The van der Waals surface area contributed by atoms with E-state index >= 15 is 0 Å². The maximum Gasteiger partial charge on any atom is 0.573 e. The van der Waals surface area contributed by atoms with Crippen molar-refractivity contribution in [3.8, 4) is 30.4 Å². The number of ether oxygens (including phenoxy) is 1. The highest BCUT2D eigenvalue weighted by atomic mass is 19.4. The largest absolute Gasteiger partial charge is 0.573 e. The summed E-state index contributed by atoms with van der Waals surface area (Å²) in [6, 6.07) is 5.19. The number of hydrogen-bond acceptors (Lipinski definition) is 1. The van der Waals surface area contributed by atoms with E-state index < -0.39 is 11.8 Å². The fourth-order valence-corrected chi connectivity index (χ4v) is 1.20. The van der Waals surface area contributed by atoms with Crippen molar-refractivity contribution in [2.24, 2.45) is 0 Å². The van der Waals surface area contributed by atoms with E-state index in [-0.39, 0.29) is 5.75 Å². The molecule has 1 aromatic carbocycles. The van der Waals surface area contributed by atoms with Crippen molar-refractivity contribution in [3.63, 3.8) is 0 Å². The second-order valence-electron chi connectivity index (χ2n) is 3.49. The molecule has 88 valence electrons. The van der Waals surface area contributed by atoms with Crippen molar-refractivity contribution in [2.75, 3.05) is 0 Å². The first-order chi connectivity index (χ1) is 7.80. The van der Waals surface area contributed by atoms with Crippen LogP contribution in [-0.2, 0) is 5.41 Å². The minimum atomic E-state index is -4.71. The topological polar surface area (TPSA) is 9.23 Å². The van der Waals surface area contributed by atoms with Gasteiger partial charge in [-0.15, -0.1) is 26.0 Å². The van der Waals surface area contributed by atoms with Gasteiger partial charge < -0.3 is 4.74 Å². The molecular weight excluding hydrogens is 229 g/mol. The summed E-state index contributed by atoms with van der Waals surface area (Å²) in [5.74, 6) is 4.52. The number of terminal acetylenes is 2. The molecule has 0 spiro atoms. The molecule has 0 unspecified atom stereocenters. The van der Waals surface area contributed by atoms with E-state index in [4.69, 9.17) is 12.8 Å². The number of rotatable bonds is 2. The number of benzene rings is 1. The van der Waals surface area contributed by atoms with Crippen LogP contribution >= 0.6 is 0 Å². The molecule has 0 saturated carbocycles. The van der Waals surface area contributed by atoms with Gasteiger partial charge in [-0.1, -0.05) is 24.0 Å². The van der Waals surface area contributed by atoms with E-state index in [0.717, 1.165) is 0 Å². The zero-order chi connectivity index (χ0) is 13.1. The predicted octanol–water partition coefficient (Wildman–Crippen LogP) is 3.11. The van der Waals surface area contributed by atoms with Crippen molar-refractivity contribution in [2.45, 2.75) is 18.7 Å². The minimum Gasteiger partial charge on any atom is -0.406 e. The molecule has 0 radical (unpaired) electrons. The lowest BCUT2D eigenvalue weighted by molar-refractivity contribution is -0.274. The Morgan fingerprint density at radius 1 is 1.06 bits per heavy atom. The van der Waals surface area contributed by atoms with Gasteiger partial charge in [0.25, 0.3) is 0 Å². The van der Waals surface area contributed by atoms with Crippen LogP contribution in [0.5, 0.6) is 5.75 Å². The van der Waals surface area contributed by atoms with Gasteiger partial charge in [0, 0.05) is 0 Å². The first-order valence-corrected chi connectivity index (χ1v) is 4.62. The third-order valence-electron chi connectivity index (χ3n) is 2.24. The van der Waals surface area contributed by atoms with Crippen LogP contribution in [0.1, 0.15) is 12.5 Å². The van der Waals surface area contributed by atoms with Gasteiger partial charge in [-0.3, -0.25) is 0 Å². The third-order valence-corrected chi connectivity index (χ3v) is 2.24. The Labute approximate surface area is 97.6 Å². The molecule has 1 aromatic rings. The molecule has 0 aliphatic heterocycles. The van der Waals surface area contributed by atoms with Crippen molar-refractivity contribution >= 4 is 0 Å². The highest BCUT2D eigenvalue weighted by molar-refractivity contribution is 5.44. The highest BCUT2D eigenvalue weighted by Crippen LogP contribution is 2.27. The van der Waals surface area contributed by atoms with Crippen LogP contribution in [0, 0.1) is 24.7 Å². The van der Waals surface area contributed by atoms with Gasteiger partial charge in [-0.05, 0) is 24.6 Å². The van der Waals surface area contributed by atoms with Crippen LogP contribution in [0.15, 0.2) is 24.3 Å². The standard InChI is InChI=1S/C13H9F3O/c1-4-12(3,5-2)10-6-8-11(9-7-10)17-13(14,15)16/h1-2,6-9H,3H3. The van der Waals surface area contributed by atoms with E-state index in [0.29, 0.717) is 5.56 Å². The molecule has 0 saturated heterocycles. The smallest absolute Gasteiger partial charge is 0.406 e. The molecule has 4 heteroatoms. The van der Waals surface area contributed by atoms with Crippen molar-refractivity contribution in [1.82, 2.24) is 0 Å². The maximum absolute atomic E-state index is 11.9. The van der Waals surface area contributed by atoms with Crippen LogP contribution in [-0.4, -0.2) is 6.36 Å². The average Bonchev–Trinajstić information content (AvgIpc) is 2.27. The first-order valence-electron chi connectivity index (χ1n) is 4.62. The second-order valence-corrected chi connectivity index (χ2v) is 3.49. The van der Waals surface area contributed by atoms with Gasteiger partial charge in [0.05, 0.1) is 0 Å². The summed E-state index contributed by atoms with van der Waals surface area (Å²) in [6.07, 6.45) is 5.87. The second kappa shape index (κ2) is 4.43. The molecule has 0 atom stereocenters. The molecule has 0 N–H and O–H groups in total. The SMILES string of the molecule is C#CC(C)(C#C)c1ccc(OC(F)(F)F)cc1. The molecule has 1 nitrogen and oxygen atoms in total. The zero-order valence-corrected chi connectivity index (χ0v) is 9.01. The lowest BCUT2D eigenvalue weighted by Gasteiger charge is -2.17. The maximum atomic E-state index is 11.9. The molecule has 1 rings (SSSR count). The predicted molar refractivity (Wildman–Crippen MR) is 58.1 cm³/mol. The minimum absolute atomic E-state index is 0.308. The van der Waals surface area contributed by atoms with Gasteiger partial charge in [0.15, 0.2) is 0 Å². The molecule has 0 aromatic heterocycles. The summed E-state index contributed by atoms with van der Waals surface area (Å²) < 4.78 is 39.5. The van der Waals surface area contributed by atoms with E-state index in [1.165, 1.54) is 24.3 Å². The van der Waals surface area contributed by atoms with Gasteiger partial charge in [-0.2, -0.15) is 0 Å². The van der Waals surface area contributed by atoms with E-state index in [9.17, 15) is 13.2 Å². The number of alkyl halides is 3. The highest BCUT2D eigenvalue weighted by Gasteiger charge is 2.31. The molecular formula is C13H9F3O. The Balaban J connectivity index is 2.98. The van der Waals surface area contributed by atoms with Crippen molar-refractivity contribution in [1.29, 1.82) is 0 Å². The molecule has 0 heterocycles.